The van der Waals surface area contributed by atoms with Gasteiger partial charge in [-0.3, -0.25) is 9.78 Å². The number of nitrogens with zero attached hydrogens (tertiary/aromatic N) is 2. The molecule has 0 spiro atoms. The van der Waals surface area contributed by atoms with Crippen LogP contribution in [-0.2, 0) is 0 Å². The molecule has 0 saturated heterocycles. The molecule has 6 heteroatoms. The third kappa shape index (κ3) is 4.24. The van der Waals surface area contributed by atoms with Gasteiger partial charge in [0, 0.05) is 18.2 Å². The summed E-state index contributed by atoms with van der Waals surface area (Å²) in [6.07, 6.45) is 1.01. The van der Waals surface area contributed by atoms with Crippen molar-refractivity contribution in [1.82, 2.24) is 10.3 Å². The Balaban J connectivity index is 2.77. The van der Waals surface area contributed by atoms with Crippen LogP contribution in [0.1, 0.15) is 41.5 Å². The summed E-state index contributed by atoms with van der Waals surface area (Å²) in [5, 5.41) is 14.3. The average molecular weight is 264 g/mol. The molecule has 0 saturated carbocycles. The number of amides is 1. The minimum Gasteiger partial charge on any atom is -0.409 e. The van der Waals surface area contributed by atoms with Crippen LogP contribution in [-0.4, -0.2) is 28.0 Å². The molecule has 0 fully saturated rings. The molecule has 1 aromatic heterocycles. The summed E-state index contributed by atoms with van der Waals surface area (Å²) in [4.78, 5) is 16.4. The van der Waals surface area contributed by atoms with Crippen molar-refractivity contribution in [2.24, 2.45) is 10.9 Å². The van der Waals surface area contributed by atoms with Gasteiger partial charge in [-0.1, -0.05) is 12.1 Å². The predicted octanol–water partition coefficient (Wildman–Crippen LogP) is 1.34. The van der Waals surface area contributed by atoms with Gasteiger partial charge in [0.05, 0.1) is 11.3 Å². The van der Waals surface area contributed by atoms with E-state index in [-0.39, 0.29) is 17.8 Å². The first-order valence-corrected chi connectivity index (χ1v) is 6.19. The monoisotopic (exact) mass is 264 g/mol. The highest BCUT2D eigenvalue weighted by atomic mass is 16.4. The number of nitrogens with two attached hydrogens (primary N) is 1. The molecule has 0 aliphatic heterocycles. The first-order valence-electron chi connectivity index (χ1n) is 6.19. The molecule has 1 atom stereocenters. The van der Waals surface area contributed by atoms with E-state index < -0.39 is 0 Å². The lowest BCUT2D eigenvalue weighted by Crippen LogP contribution is -2.37. The Morgan fingerprint density at radius 1 is 1.53 bits per heavy atom. The summed E-state index contributed by atoms with van der Waals surface area (Å²) in [6, 6.07) is 3.39. The largest absolute Gasteiger partial charge is 0.409 e. The second kappa shape index (κ2) is 6.72. The van der Waals surface area contributed by atoms with Gasteiger partial charge in [0.15, 0.2) is 0 Å². The minimum absolute atomic E-state index is 0.103. The van der Waals surface area contributed by atoms with Crippen molar-refractivity contribution < 1.29 is 10.0 Å². The van der Waals surface area contributed by atoms with Crippen molar-refractivity contribution in [2.75, 3.05) is 0 Å². The van der Waals surface area contributed by atoms with Crippen molar-refractivity contribution in [3.05, 3.63) is 29.1 Å². The molecule has 1 amide bonds. The van der Waals surface area contributed by atoms with Crippen LogP contribution in [0.5, 0.6) is 0 Å². The predicted molar refractivity (Wildman–Crippen MR) is 73.3 cm³/mol. The average Bonchev–Trinajstić information content (AvgIpc) is 2.37. The number of hydrogen-bond donors (Lipinski definition) is 3. The van der Waals surface area contributed by atoms with Gasteiger partial charge in [-0.15, -0.1) is 0 Å². The normalized spacial score (nSPS) is 13.1. The molecular weight excluding hydrogens is 244 g/mol. The molecule has 104 valence electrons. The molecule has 0 radical (unpaired) electrons. The second-order valence-corrected chi connectivity index (χ2v) is 4.46. The van der Waals surface area contributed by atoms with Crippen molar-refractivity contribution in [3.8, 4) is 0 Å². The van der Waals surface area contributed by atoms with E-state index in [2.05, 4.69) is 15.5 Å². The molecule has 6 nitrogen and oxygen atoms in total. The van der Waals surface area contributed by atoms with Crippen LogP contribution in [0.3, 0.4) is 0 Å². The van der Waals surface area contributed by atoms with Gasteiger partial charge in [-0.2, -0.15) is 0 Å². The fraction of sp³-hybridized carbons (Fsp3) is 0.462. The molecule has 0 aliphatic rings. The Morgan fingerprint density at radius 2 is 2.21 bits per heavy atom. The highest BCUT2D eigenvalue weighted by molar-refractivity contribution is 5.95. The van der Waals surface area contributed by atoms with Crippen LogP contribution < -0.4 is 11.1 Å². The number of oxime groups is 1. The lowest BCUT2D eigenvalue weighted by Gasteiger charge is -2.16. The topological polar surface area (TPSA) is 101 Å². The van der Waals surface area contributed by atoms with Gasteiger partial charge in [-0.05, 0) is 32.4 Å². The third-order valence-electron chi connectivity index (χ3n) is 2.88. The number of amidine groups is 1. The maximum Gasteiger partial charge on any atom is 0.253 e. The molecule has 1 heterocycles. The van der Waals surface area contributed by atoms with Crippen molar-refractivity contribution in [2.45, 2.75) is 39.7 Å². The van der Waals surface area contributed by atoms with Gasteiger partial charge < -0.3 is 16.3 Å². The van der Waals surface area contributed by atoms with E-state index >= 15 is 0 Å². The van der Waals surface area contributed by atoms with Crippen LogP contribution in [0.2, 0.25) is 0 Å². The SMILES string of the molecule is CCC(CC(N)=NO)NC(=O)c1ccc(C)nc1C. The molecule has 0 bridgehead atoms. The van der Waals surface area contributed by atoms with Crippen LogP contribution in [0, 0.1) is 13.8 Å². The van der Waals surface area contributed by atoms with E-state index in [9.17, 15) is 4.79 Å². The van der Waals surface area contributed by atoms with Crippen molar-refractivity contribution in [1.29, 1.82) is 0 Å². The van der Waals surface area contributed by atoms with E-state index in [0.717, 1.165) is 5.69 Å². The molecule has 19 heavy (non-hydrogen) atoms. The highest BCUT2D eigenvalue weighted by Crippen LogP contribution is 2.08. The van der Waals surface area contributed by atoms with Crippen LogP contribution >= 0.6 is 0 Å². The van der Waals surface area contributed by atoms with E-state index in [1.54, 1.807) is 19.1 Å². The Hall–Kier alpha value is -2.11. The summed E-state index contributed by atoms with van der Waals surface area (Å²) >= 11 is 0. The third-order valence-corrected chi connectivity index (χ3v) is 2.88. The van der Waals surface area contributed by atoms with Crippen molar-refractivity contribution in [3.63, 3.8) is 0 Å². The van der Waals surface area contributed by atoms with Crippen LogP contribution in [0.15, 0.2) is 17.3 Å². The lowest BCUT2D eigenvalue weighted by molar-refractivity contribution is 0.0936. The Morgan fingerprint density at radius 3 is 2.74 bits per heavy atom. The van der Waals surface area contributed by atoms with Gasteiger partial charge >= 0.3 is 0 Å². The fourth-order valence-electron chi connectivity index (χ4n) is 1.78. The first-order chi connectivity index (χ1) is 8.97. The summed E-state index contributed by atoms with van der Waals surface area (Å²) in [6.45, 7) is 5.60. The van der Waals surface area contributed by atoms with Gasteiger partial charge in [0.1, 0.15) is 5.84 Å². The smallest absolute Gasteiger partial charge is 0.253 e. The van der Waals surface area contributed by atoms with Gasteiger partial charge in [-0.25, -0.2) is 0 Å². The summed E-state index contributed by atoms with van der Waals surface area (Å²) in [5.74, 6) is -0.0894. The summed E-state index contributed by atoms with van der Waals surface area (Å²) < 4.78 is 0. The summed E-state index contributed by atoms with van der Waals surface area (Å²) in [5.41, 5.74) is 7.56. The molecule has 1 aromatic rings. The van der Waals surface area contributed by atoms with Crippen molar-refractivity contribution >= 4 is 11.7 Å². The molecule has 0 aromatic carbocycles. The lowest BCUT2D eigenvalue weighted by atomic mass is 10.1. The van der Waals surface area contributed by atoms with E-state index in [1.807, 2.05) is 13.8 Å². The van der Waals surface area contributed by atoms with E-state index in [0.29, 0.717) is 24.1 Å². The number of aromatic nitrogens is 1. The first kappa shape index (κ1) is 14.9. The maximum atomic E-state index is 12.1. The Bertz CT molecular complexity index is 486. The number of pyridine rings is 1. The van der Waals surface area contributed by atoms with E-state index in [1.165, 1.54) is 0 Å². The molecule has 1 unspecified atom stereocenters. The zero-order valence-corrected chi connectivity index (χ0v) is 11.5. The summed E-state index contributed by atoms with van der Waals surface area (Å²) in [7, 11) is 0. The number of rotatable bonds is 5. The Labute approximate surface area is 112 Å². The second-order valence-electron chi connectivity index (χ2n) is 4.46. The standard InChI is InChI=1S/C13H20N4O2/c1-4-10(7-12(14)17-19)16-13(18)11-6-5-8(2)15-9(11)3/h5-6,10,19H,4,7H2,1-3H3,(H2,14,17)(H,16,18). The van der Waals surface area contributed by atoms with Gasteiger partial charge in [0.25, 0.3) is 5.91 Å². The number of aryl methyl sites for hydroxylation is 2. The molecule has 0 aliphatic carbocycles. The molecule has 4 N–H and O–H groups in total. The number of carbonyl (C=O) groups excluding carboxylic acids is 1. The highest BCUT2D eigenvalue weighted by Gasteiger charge is 2.15. The van der Waals surface area contributed by atoms with E-state index in [4.69, 9.17) is 10.9 Å². The molecule has 1 rings (SSSR count). The molecular formula is C13H20N4O2. The fourth-order valence-corrected chi connectivity index (χ4v) is 1.78. The zero-order valence-electron chi connectivity index (χ0n) is 11.5. The minimum atomic E-state index is -0.192. The number of hydrogen-bond acceptors (Lipinski definition) is 4. The van der Waals surface area contributed by atoms with Gasteiger partial charge in [0.2, 0.25) is 0 Å². The Kier molecular flexibility index (Phi) is 5.29. The van der Waals surface area contributed by atoms with Crippen LogP contribution in [0.25, 0.3) is 0 Å². The number of carbonyl (C=O) groups is 1. The quantitative estimate of drug-likeness (QED) is 0.323. The number of nitrogens with one attached hydrogen (secondary N) is 1. The maximum absolute atomic E-state index is 12.1. The van der Waals surface area contributed by atoms with Crippen LogP contribution in [0.4, 0.5) is 0 Å². The zero-order chi connectivity index (χ0) is 14.4.